The highest BCUT2D eigenvalue weighted by atomic mass is 16.4. The number of carboxylic acid groups (broad SMARTS) is 1. The number of aliphatic carboxylic acids is 1. The molecule has 0 heterocycles. The van der Waals surface area contributed by atoms with E-state index in [1.54, 1.807) is 20.8 Å². The van der Waals surface area contributed by atoms with Gasteiger partial charge in [0.2, 0.25) is 5.91 Å². The molecule has 2 atom stereocenters. The number of carboxylic acids is 1. The summed E-state index contributed by atoms with van der Waals surface area (Å²) >= 11 is 0. The average molecular weight is 301 g/mol. The number of hydrogen-bond donors (Lipinski definition) is 4. The zero-order valence-corrected chi connectivity index (χ0v) is 13.7. The van der Waals surface area contributed by atoms with Crippen LogP contribution in [0.1, 0.15) is 48.0 Å². The molecule has 0 aliphatic rings. The molecule has 0 fully saturated rings. The Morgan fingerprint density at radius 3 is 2.05 bits per heavy atom. The topological polar surface area (TPSA) is 108 Å². The summed E-state index contributed by atoms with van der Waals surface area (Å²) in [6, 6.07) is -1.27. The first-order chi connectivity index (χ1) is 9.41. The summed E-state index contributed by atoms with van der Waals surface area (Å²) in [5.74, 6) is -1.27. The van der Waals surface area contributed by atoms with Crippen LogP contribution < -0.4 is 16.0 Å². The molecule has 7 heteroatoms. The van der Waals surface area contributed by atoms with Crippen LogP contribution in [-0.4, -0.2) is 41.1 Å². The average Bonchev–Trinajstić information content (AvgIpc) is 2.33. The predicted molar refractivity (Wildman–Crippen MR) is 79.9 cm³/mol. The number of nitrogens with one attached hydrogen (secondary N) is 3. The third kappa shape index (κ3) is 6.97. The SMILES string of the molecule is CCC(C)(CNC(=O)NC(C)C(=O)NC(C)(C)C)C(=O)O. The molecule has 2 unspecified atom stereocenters. The molecule has 0 aromatic heterocycles. The lowest BCUT2D eigenvalue weighted by molar-refractivity contribution is -0.147. The van der Waals surface area contributed by atoms with Crippen LogP contribution in [0.2, 0.25) is 0 Å². The third-order valence-electron chi connectivity index (χ3n) is 3.17. The molecule has 4 N–H and O–H groups in total. The Kier molecular flexibility index (Phi) is 6.66. The van der Waals surface area contributed by atoms with Gasteiger partial charge in [-0.1, -0.05) is 6.92 Å². The number of rotatable bonds is 6. The molecule has 0 saturated carbocycles. The van der Waals surface area contributed by atoms with E-state index >= 15 is 0 Å². The largest absolute Gasteiger partial charge is 0.481 e. The van der Waals surface area contributed by atoms with E-state index in [1.165, 1.54) is 0 Å². The van der Waals surface area contributed by atoms with Crippen molar-refractivity contribution in [2.45, 2.75) is 59.5 Å². The van der Waals surface area contributed by atoms with E-state index in [9.17, 15) is 14.4 Å². The smallest absolute Gasteiger partial charge is 0.315 e. The summed E-state index contributed by atoms with van der Waals surface area (Å²) < 4.78 is 0. The maximum atomic E-state index is 11.8. The van der Waals surface area contributed by atoms with Crippen molar-refractivity contribution < 1.29 is 19.5 Å². The monoisotopic (exact) mass is 301 g/mol. The van der Waals surface area contributed by atoms with Gasteiger partial charge in [0, 0.05) is 12.1 Å². The summed E-state index contributed by atoms with van der Waals surface area (Å²) in [4.78, 5) is 34.6. The Labute approximate surface area is 125 Å². The maximum absolute atomic E-state index is 11.8. The molecule has 0 saturated heterocycles. The van der Waals surface area contributed by atoms with Crippen LogP contribution in [0.3, 0.4) is 0 Å². The van der Waals surface area contributed by atoms with Crippen molar-refractivity contribution in [3.05, 3.63) is 0 Å². The number of carbonyl (C=O) groups excluding carboxylic acids is 2. The van der Waals surface area contributed by atoms with Crippen LogP contribution in [0.15, 0.2) is 0 Å². The van der Waals surface area contributed by atoms with Crippen LogP contribution >= 0.6 is 0 Å². The second kappa shape index (κ2) is 7.28. The lowest BCUT2D eigenvalue weighted by Gasteiger charge is -2.25. The molecular formula is C14H27N3O4. The minimum Gasteiger partial charge on any atom is -0.481 e. The molecule has 0 aromatic rings. The molecule has 0 aliphatic heterocycles. The quantitative estimate of drug-likeness (QED) is 0.589. The van der Waals surface area contributed by atoms with Crippen LogP contribution in [0.5, 0.6) is 0 Å². The molecule has 0 radical (unpaired) electrons. The van der Waals surface area contributed by atoms with Crippen molar-refractivity contribution in [3.8, 4) is 0 Å². The summed E-state index contributed by atoms with van der Waals surface area (Å²) in [7, 11) is 0. The van der Waals surface area contributed by atoms with Crippen LogP contribution in [0, 0.1) is 5.41 Å². The van der Waals surface area contributed by atoms with Crippen molar-refractivity contribution >= 4 is 17.9 Å². The number of amides is 3. The van der Waals surface area contributed by atoms with Crippen molar-refractivity contribution in [3.63, 3.8) is 0 Å². The van der Waals surface area contributed by atoms with Gasteiger partial charge >= 0.3 is 12.0 Å². The summed E-state index contributed by atoms with van der Waals surface area (Å²) in [6.45, 7) is 10.4. The Bertz CT molecular complexity index is 404. The van der Waals surface area contributed by atoms with E-state index in [1.807, 2.05) is 20.8 Å². The number of hydrogen-bond acceptors (Lipinski definition) is 3. The molecule has 0 spiro atoms. The lowest BCUT2D eigenvalue weighted by Crippen LogP contribution is -2.53. The van der Waals surface area contributed by atoms with Crippen molar-refractivity contribution in [2.75, 3.05) is 6.54 Å². The first-order valence-electron chi connectivity index (χ1n) is 7.01. The minimum absolute atomic E-state index is 0.00171. The normalized spacial score (nSPS) is 15.5. The summed E-state index contributed by atoms with van der Waals surface area (Å²) in [5, 5.41) is 16.8. The van der Waals surface area contributed by atoms with E-state index in [0.717, 1.165) is 0 Å². The van der Waals surface area contributed by atoms with Gasteiger partial charge in [-0.2, -0.15) is 0 Å². The highest BCUT2D eigenvalue weighted by Gasteiger charge is 2.31. The molecule has 3 amide bonds. The molecule has 122 valence electrons. The van der Waals surface area contributed by atoms with Gasteiger partial charge in [-0.05, 0) is 41.0 Å². The fraction of sp³-hybridized carbons (Fsp3) is 0.786. The Morgan fingerprint density at radius 1 is 1.14 bits per heavy atom. The molecule has 21 heavy (non-hydrogen) atoms. The van der Waals surface area contributed by atoms with Gasteiger partial charge in [0.25, 0.3) is 0 Å². The second-order valence-electron chi connectivity index (χ2n) is 6.51. The first kappa shape index (κ1) is 19.2. The van der Waals surface area contributed by atoms with Crippen LogP contribution in [0.4, 0.5) is 4.79 Å². The van der Waals surface area contributed by atoms with Gasteiger partial charge in [0.15, 0.2) is 0 Å². The van der Waals surface area contributed by atoms with Gasteiger partial charge in [0.1, 0.15) is 6.04 Å². The number of carbonyl (C=O) groups is 3. The molecule has 0 rings (SSSR count). The van der Waals surface area contributed by atoms with Gasteiger partial charge in [-0.3, -0.25) is 9.59 Å². The highest BCUT2D eigenvalue weighted by molar-refractivity contribution is 5.87. The minimum atomic E-state index is -1.02. The van der Waals surface area contributed by atoms with Gasteiger partial charge in [-0.25, -0.2) is 4.79 Å². The Hall–Kier alpha value is -1.79. The molecule has 7 nitrogen and oxygen atoms in total. The van der Waals surface area contributed by atoms with E-state index < -0.39 is 23.5 Å². The van der Waals surface area contributed by atoms with E-state index in [4.69, 9.17) is 5.11 Å². The zero-order chi connectivity index (χ0) is 16.8. The Morgan fingerprint density at radius 2 is 1.67 bits per heavy atom. The Balaban J connectivity index is 4.38. The summed E-state index contributed by atoms with van der Waals surface area (Å²) in [5.41, 5.74) is -1.40. The van der Waals surface area contributed by atoms with Crippen molar-refractivity contribution in [1.82, 2.24) is 16.0 Å². The zero-order valence-electron chi connectivity index (χ0n) is 13.7. The number of urea groups is 1. The highest BCUT2D eigenvalue weighted by Crippen LogP contribution is 2.19. The lowest BCUT2D eigenvalue weighted by atomic mass is 9.88. The van der Waals surface area contributed by atoms with Crippen molar-refractivity contribution in [1.29, 1.82) is 0 Å². The molecular weight excluding hydrogens is 274 g/mol. The standard InChI is InChI=1S/C14H27N3O4/c1-7-14(6,11(19)20)8-15-12(21)16-9(2)10(18)17-13(3,4)5/h9H,7-8H2,1-6H3,(H,17,18)(H,19,20)(H2,15,16,21). The predicted octanol–water partition coefficient (Wildman–Crippen LogP) is 1.09. The van der Waals surface area contributed by atoms with E-state index in [-0.39, 0.29) is 18.0 Å². The first-order valence-corrected chi connectivity index (χ1v) is 7.01. The fourth-order valence-electron chi connectivity index (χ4n) is 1.42. The fourth-order valence-corrected chi connectivity index (χ4v) is 1.42. The van der Waals surface area contributed by atoms with E-state index in [2.05, 4.69) is 16.0 Å². The van der Waals surface area contributed by atoms with Gasteiger partial charge in [-0.15, -0.1) is 0 Å². The van der Waals surface area contributed by atoms with Gasteiger partial charge in [0.05, 0.1) is 5.41 Å². The molecule has 0 aromatic carbocycles. The van der Waals surface area contributed by atoms with E-state index in [0.29, 0.717) is 6.42 Å². The van der Waals surface area contributed by atoms with Crippen LogP contribution in [0.25, 0.3) is 0 Å². The molecule has 0 aliphatic carbocycles. The van der Waals surface area contributed by atoms with Gasteiger partial charge < -0.3 is 21.1 Å². The van der Waals surface area contributed by atoms with Crippen molar-refractivity contribution in [2.24, 2.45) is 5.41 Å². The maximum Gasteiger partial charge on any atom is 0.315 e. The van der Waals surface area contributed by atoms with Crippen LogP contribution in [-0.2, 0) is 9.59 Å². The molecule has 0 bridgehead atoms. The summed E-state index contributed by atoms with van der Waals surface area (Å²) in [6.07, 6.45) is 0.392. The second-order valence-corrected chi connectivity index (χ2v) is 6.51. The third-order valence-corrected chi connectivity index (χ3v) is 3.17.